The van der Waals surface area contributed by atoms with Crippen molar-refractivity contribution < 1.29 is 17.9 Å². The van der Waals surface area contributed by atoms with Crippen molar-refractivity contribution in [3.05, 3.63) is 59.7 Å². The number of benzene rings is 2. The zero-order chi connectivity index (χ0) is 18.6. The summed E-state index contributed by atoms with van der Waals surface area (Å²) < 4.78 is 44.6. The molecule has 1 heterocycles. The lowest BCUT2D eigenvalue weighted by Crippen LogP contribution is -2.36. The molecule has 1 aliphatic rings. The van der Waals surface area contributed by atoms with Crippen LogP contribution >= 0.6 is 0 Å². The monoisotopic (exact) mass is 363 g/mol. The van der Waals surface area contributed by atoms with Gasteiger partial charge in [0.2, 0.25) is 0 Å². The van der Waals surface area contributed by atoms with E-state index in [9.17, 15) is 13.2 Å². The Labute approximate surface area is 152 Å². The number of para-hydroxylation sites is 1. The first-order chi connectivity index (χ1) is 12.4. The third-order valence-corrected chi connectivity index (χ3v) is 5.03. The van der Waals surface area contributed by atoms with Crippen LogP contribution in [0.15, 0.2) is 48.5 Å². The van der Waals surface area contributed by atoms with E-state index < -0.39 is 11.7 Å². The first-order valence-electron chi connectivity index (χ1n) is 9.07. The standard InChI is InChI=1S/C21H24F3NO/c1-25-15-5-4-6-17(25)12-9-16-10-13-18(14-11-16)26-20-8-3-2-7-19(20)21(22,23)24/h2-3,7-8,10-11,13-14,17H,4-6,9,12,15H2,1H3. The summed E-state index contributed by atoms with van der Waals surface area (Å²) in [4.78, 5) is 2.43. The van der Waals surface area contributed by atoms with Crippen LogP contribution in [0.2, 0.25) is 0 Å². The average molecular weight is 363 g/mol. The first kappa shape index (κ1) is 18.8. The molecule has 0 amide bonds. The van der Waals surface area contributed by atoms with E-state index in [1.165, 1.54) is 37.0 Å². The minimum absolute atomic E-state index is 0.170. The van der Waals surface area contributed by atoms with Gasteiger partial charge in [0.05, 0.1) is 5.56 Å². The van der Waals surface area contributed by atoms with Crippen molar-refractivity contribution in [3.63, 3.8) is 0 Å². The van der Waals surface area contributed by atoms with Crippen LogP contribution in [0.4, 0.5) is 13.2 Å². The van der Waals surface area contributed by atoms with Gasteiger partial charge in [-0.05, 0) is 69.1 Å². The molecule has 5 heteroatoms. The quantitative estimate of drug-likeness (QED) is 0.654. The summed E-state index contributed by atoms with van der Waals surface area (Å²) in [5, 5.41) is 0. The molecule has 0 saturated carbocycles. The van der Waals surface area contributed by atoms with E-state index in [0.29, 0.717) is 11.8 Å². The van der Waals surface area contributed by atoms with Gasteiger partial charge in [0.15, 0.2) is 0 Å². The smallest absolute Gasteiger partial charge is 0.419 e. The Morgan fingerprint density at radius 2 is 1.77 bits per heavy atom. The molecule has 1 aliphatic heterocycles. The molecule has 1 atom stereocenters. The second-order valence-corrected chi connectivity index (χ2v) is 6.91. The van der Waals surface area contributed by atoms with Gasteiger partial charge in [0, 0.05) is 6.04 Å². The van der Waals surface area contributed by atoms with Crippen LogP contribution in [0.25, 0.3) is 0 Å². The van der Waals surface area contributed by atoms with Crippen molar-refractivity contribution in [1.29, 1.82) is 0 Å². The number of likely N-dealkylation sites (tertiary alicyclic amines) is 1. The topological polar surface area (TPSA) is 12.5 Å². The zero-order valence-electron chi connectivity index (χ0n) is 14.9. The van der Waals surface area contributed by atoms with Crippen molar-refractivity contribution in [1.82, 2.24) is 4.90 Å². The lowest BCUT2D eigenvalue weighted by molar-refractivity contribution is -0.138. The molecule has 2 nitrogen and oxygen atoms in total. The number of hydrogen-bond donors (Lipinski definition) is 0. The van der Waals surface area contributed by atoms with Crippen LogP contribution in [0.1, 0.15) is 36.8 Å². The summed E-state index contributed by atoms with van der Waals surface area (Å²) in [6.07, 6.45) is 1.45. The van der Waals surface area contributed by atoms with E-state index in [1.807, 2.05) is 12.1 Å². The van der Waals surface area contributed by atoms with Crippen LogP contribution in [-0.4, -0.2) is 24.5 Å². The third kappa shape index (κ3) is 4.79. The summed E-state index contributed by atoms with van der Waals surface area (Å²) in [6, 6.07) is 13.3. The fraction of sp³-hybridized carbons (Fsp3) is 0.429. The molecule has 0 radical (unpaired) electrons. The van der Waals surface area contributed by atoms with Crippen molar-refractivity contribution >= 4 is 0 Å². The second kappa shape index (κ2) is 8.12. The van der Waals surface area contributed by atoms with Crippen molar-refractivity contribution in [2.45, 2.75) is 44.3 Å². The van der Waals surface area contributed by atoms with Gasteiger partial charge in [-0.25, -0.2) is 0 Å². The van der Waals surface area contributed by atoms with E-state index in [0.717, 1.165) is 25.5 Å². The Morgan fingerprint density at radius 1 is 1.04 bits per heavy atom. The van der Waals surface area contributed by atoms with Crippen LogP contribution in [0.5, 0.6) is 11.5 Å². The first-order valence-corrected chi connectivity index (χ1v) is 9.07. The van der Waals surface area contributed by atoms with Gasteiger partial charge >= 0.3 is 6.18 Å². The third-order valence-electron chi connectivity index (χ3n) is 5.03. The molecule has 0 spiro atoms. The van der Waals surface area contributed by atoms with E-state index in [2.05, 4.69) is 11.9 Å². The minimum Gasteiger partial charge on any atom is -0.457 e. The number of rotatable bonds is 5. The van der Waals surface area contributed by atoms with Gasteiger partial charge in [-0.15, -0.1) is 0 Å². The molecule has 0 aliphatic carbocycles. The summed E-state index contributed by atoms with van der Waals surface area (Å²) in [7, 11) is 2.18. The SMILES string of the molecule is CN1CCCCC1CCc1ccc(Oc2ccccc2C(F)(F)F)cc1. The number of ether oxygens (including phenoxy) is 1. The minimum atomic E-state index is -4.43. The molecule has 0 aromatic heterocycles. The van der Waals surface area contributed by atoms with Crippen LogP contribution in [-0.2, 0) is 12.6 Å². The Balaban J connectivity index is 1.62. The van der Waals surface area contributed by atoms with E-state index in [4.69, 9.17) is 4.74 Å². The van der Waals surface area contributed by atoms with Gasteiger partial charge < -0.3 is 9.64 Å². The molecule has 1 unspecified atom stereocenters. The predicted octanol–water partition coefficient (Wildman–Crippen LogP) is 5.91. The molecular formula is C21H24F3NO. The van der Waals surface area contributed by atoms with Gasteiger partial charge in [-0.2, -0.15) is 13.2 Å². The number of alkyl halides is 3. The molecule has 140 valence electrons. The van der Waals surface area contributed by atoms with Gasteiger partial charge in [0.1, 0.15) is 11.5 Å². The molecule has 0 bridgehead atoms. The number of nitrogens with zero attached hydrogens (tertiary/aromatic N) is 1. The summed E-state index contributed by atoms with van der Waals surface area (Å²) >= 11 is 0. The highest BCUT2D eigenvalue weighted by Gasteiger charge is 2.34. The molecule has 2 aromatic rings. The average Bonchev–Trinajstić information content (AvgIpc) is 2.62. The van der Waals surface area contributed by atoms with Crippen LogP contribution in [0.3, 0.4) is 0 Å². The van der Waals surface area contributed by atoms with Crippen LogP contribution in [0, 0.1) is 0 Å². The molecule has 26 heavy (non-hydrogen) atoms. The molecule has 3 rings (SSSR count). The number of halogens is 3. The fourth-order valence-corrected chi connectivity index (χ4v) is 3.48. The van der Waals surface area contributed by atoms with E-state index in [1.54, 1.807) is 18.2 Å². The van der Waals surface area contributed by atoms with Gasteiger partial charge in [0.25, 0.3) is 0 Å². The van der Waals surface area contributed by atoms with Gasteiger partial charge in [-0.3, -0.25) is 0 Å². The normalized spacial score (nSPS) is 18.7. The highest BCUT2D eigenvalue weighted by molar-refractivity contribution is 5.40. The predicted molar refractivity (Wildman–Crippen MR) is 96.6 cm³/mol. The van der Waals surface area contributed by atoms with E-state index in [-0.39, 0.29) is 5.75 Å². The van der Waals surface area contributed by atoms with E-state index >= 15 is 0 Å². The van der Waals surface area contributed by atoms with Crippen LogP contribution < -0.4 is 4.74 Å². The Hall–Kier alpha value is -2.01. The zero-order valence-corrected chi connectivity index (χ0v) is 14.9. The molecule has 1 fully saturated rings. The number of hydrogen-bond acceptors (Lipinski definition) is 2. The lowest BCUT2D eigenvalue weighted by Gasteiger charge is -2.32. The molecule has 1 saturated heterocycles. The highest BCUT2D eigenvalue weighted by Crippen LogP contribution is 2.37. The summed E-state index contributed by atoms with van der Waals surface area (Å²) in [6.45, 7) is 1.16. The lowest BCUT2D eigenvalue weighted by atomic mass is 9.96. The number of aryl methyl sites for hydroxylation is 1. The second-order valence-electron chi connectivity index (χ2n) is 6.91. The van der Waals surface area contributed by atoms with Crippen molar-refractivity contribution in [2.24, 2.45) is 0 Å². The fourth-order valence-electron chi connectivity index (χ4n) is 3.48. The molecule has 2 aromatic carbocycles. The Morgan fingerprint density at radius 3 is 2.46 bits per heavy atom. The highest BCUT2D eigenvalue weighted by atomic mass is 19.4. The molecule has 0 N–H and O–H groups in total. The Bertz CT molecular complexity index is 712. The van der Waals surface area contributed by atoms with Crippen molar-refractivity contribution in [3.8, 4) is 11.5 Å². The van der Waals surface area contributed by atoms with Crippen molar-refractivity contribution in [2.75, 3.05) is 13.6 Å². The van der Waals surface area contributed by atoms with Gasteiger partial charge in [-0.1, -0.05) is 30.7 Å². The summed E-state index contributed by atoms with van der Waals surface area (Å²) in [5.74, 6) is 0.247. The maximum atomic E-state index is 13.0. The summed E-state index contributed by atoms with van der Waals surface area (Å²) in [5.41, 5.74) is 0.421. The maximum Gasteiger partial charge on any atom is 0.419 e. The number of piperidine rings is 1. The largest absolute Gasteiger partial charge is 0.457 e. The Kier molecular flexibility index (Phi) is 5.87. The molecular weight excluding hydrogens is 339 g/mol. The maximum absolute atomic E-state index is 13.0.